The third-order valence-electron chi connectivity index (χ3n) is 23.5. The molecule has 10 N–H and O–H groups in total. The van der Waals surface area contributed by atoms with Crippen molar-refractivity contribution < 1.29 is 122 Å². The van der Waals surface area contributed by atoms with E-state index in [0.29, 0.717) is 38.0 Å². The summed E-state index contributed by atoms with van der Waals surface area (Å²) in [5, 5.41) is 102. The Balaban J connectivity index is 1.92. The Kier molecular flexibility index (Phi) is 63.9. The van der Waals surface area contributed by atoms with Crippen molar-refractivity contribution in [2.45, 2.75) is 518 Å². The smallest absolute Gasteiger partial charge is 0.463 e. The molecule has 1 unspecified atom stereocenters. The minimum Gasteiger partial charge on any atom is -0.463 e. The fourth-order valence-electron chi connectivity index (χ4n) is 15.9. The van der Waals surface area contributed by atoms with E-state index in [2.05, 4.69) is 34.6 Å². The standard InChI is InChI=1S/C90H169O25P/c1-6-10-14-18-22-25-28-31-32-35-38-41-44-52-58-64-76(95)112-85-81(100)82(101)86(113-89-83(102)79(98)77(96)71(65-91)110-89)88(87(85)114-90-84(103)80(99)78(97)72(111-90)68-107-74(93)62-56-49-42-39-36-33-29-26-23-19-15-11-7-2)115-116(104,105)108-67-70(109-75(94)63-57-51-43-40-37-34-30-27-24-20-16-12-8-3)66-106-73(92)61-55-50-46-45-48-54-60-69(5)59-53-47-21-17-13-9-4/h69-72,77-91,96-103H,6-68H2,1-5H3,(H,104,105)/t69-,70-,71-,72-,77-,78-,79+,80+,81+,82+,83+,84+,85-,86-,87-,88+,89-,90-/m1/s1. The molecule has 0 aromatic rings. The van der Waals surface area contributed by atoms with Crippen molar-refractivity contribution in [1.29, 1.82) is 0 Å². The van der Waals surface area contributed by atoms with Crippen molar-refractivity contribution in [2.75, 3.05) is 26.4 Å². The van der Waals surface area contributed by atoms with Crippen LogP contribution in [0, 0.1) is 5.92 Å². The second-order valence-corrected chi connectivity index (χ2v) is 35.6. The Morgan fingerprint density at radius 1 is 0.336 bits per heavy atom. The highest BCUT2D eigenvalue weighted by molar-refractivity contribution is 7.47. The molecule has 684 valence electrons. The molecule has 25 nitrogen and oxygen atoms in total. The molecule has 2 aliphatic heterocycles. The van der Waals surface area contributed by atoms with E-state index in [-0.39, 0.29) is 25.7 Å². The highest BCUT2D eigenvalue weighted by atomic mass is 31.2. The van der Waals surface area contributed by atoms with Gasteiger partial charge in [0.2, 0.25) is 0 Å². The molecule has 0 spiro atoms. The number of hydrogen-bond donors (Lipinski definition) is 10. The number of ether oxygens (including phenoxy) is 8. The summed E-state index contributed by atoms with van der Waals surface area (Å²) >= 11 is 0. The number of rotatable bonds is 76. The third kappa shape index (κ3) is 49.1. The molecule has 2 heterocycles. The SMILES string of the molecule is CCCCCCCCCCCCCCCCCC(=O)O[C@@H]1[C@@H](O)[C@H](O)[C@@H](O[C@H]2O[C@H](CO)[C@@H](O)[C@H](O)[C@@H]2O)[C@H](OP(=O)(O)OC[C@@H](COC(=O)CCCCCCCC[C@H](C)CCCCCCCC)OC(=O)CCCCCCCCCCCCCCC)[C@@H]1O[C@H]1O[C@H](COC(=O)CCCCCCCCCCCCCCC)[C@@H](O)[C@H](O)[C@@H]1O. The van der Waals surface area contributed by atoms with Gasteiger partial charge in [0.15, 0.2) is 24.8 Å². The van der Waals surface area contributed by atoms with Crippen molar-refractivity contribution >= 4 is 31.7 Å². The van der Waals surface area contributed by atoms with Gasteiger partial charge in [0.1, 0.15) is 92.6 Å². The van der Waals surface area contributed by atoms with E-state index in [9.17, 15) is 74.6 Å². The minimum absolute atomic E-state index is 0.0194. The predicted molar refractivity (Wildman–Crippen MR) is 449 cm³/mol. The lowest BCUT2D eigenvalue weighted by atomic mass is 9.84. The minimum atomic E-state index is -5.80. The normalized spacial score (nSPS) is 25.4. The lowest BCUT2D eigenvalue weighted by Crippen LogP contribution is -2.70. The molecule has 19 atom stereocenters. The van der Waals surface area contributed by atoms with Crippen LogP contribution in [0.3, 0.4) is 0 Å². The molecule has 0 aromatic heterocycles. The molecule has 26 heteroatoms. The zero-order chi connectivity index (χ0) is 84.8. The zero-order valence-corrected chi connectivity index (χ0v) is 73.9. The van der Waals surface area contributed by atoms with E-state index in [1.807, 2.05) is 0 Å². The van der Waals surface area contributed by atoms with Crippen LogP contribution < -0.4 is 0 Å². The van der Waals surface area contributed by atoms with E-state index in [4.69, 9.17) is 46.9 Å². The number of esters is 4. The van der Waals surface area contributed by atoms with Gasteiger partial charge in [-0.2, -0.15) is 0 Å². The Bertz CT molecular complexity index is 2430. The van der Waals surface area contributed by atoms with Gasteiger partial charge in [-0.05, 0) is 31.6 Å². The largest absolute Gasteiger partial charge is 0.472 e. The maximum atomic E-state index is 14.9. The number of phosphoric acid groups is 1. The average molecular weight is 1680 g/mol. The Morgan fingerprint density at radius 3 is 1.03 bits per heavy atom. The number of aliphatic hydroxyl groups is 9. The summed E-state index contributed by atoms with van der Waals surface area (Å²) in [5.74, 6) is -2.26. The van der Waals surface area contributed by atoms with Crippen LogP contribution in [0.2, 0.25) is 0 Å². The number of carbonyl (C=O) groups is 4. The van der Waals surface area contributed by atoms with Gasteiger partial charge in [-0.15, -0.1) is 0 Å². The van der Waals surface area contributed by atoms with Crippen LogP contribution in [0.15, 0.2) is 0 Å². The summed E-state index contributed by atoms with van der Waals surface area (Å²) in [6.07, 6.45) is 23.9. The Labute approximate surface area is 699 Å². The van der Waals surface area contributed by atoms with E-state index in [1.165, 1.54) is 193 Å². The summed E-state index contributed by atoms with van der Waals surface area (Å²) in [7, 11) is -5.80. The van der Waals surface area contributed by atoms with E-state index in [1.54, 1.807) is 0 Å². The van der Waals surface area contributed by atoms with Crippen LogP contribution in [-0.4, -0.2) is 205 Å². The van der Waals surface area contributed by atoms with Crippen molar-refractivity contribution in [1.82, 2.24) is 0 Å². The van der Waals surface area contributed by atoms with Crippen molar-refractivity contribution in [3.05, 3.63) is 0 Å². The first-order valence-electron chi connectivity index (χ1n) is 47.2. The van der Waals surface area contributed by atoms with Crippen LogP contribution >= 0.6 is 7.82 Å². The first-order valence-corrected chi connectivity index (χ1v) is 48.7. The van der Waals surface area contributed by atoms with Crippen molar-refractivity contribution in [3.63, 3.8) is 0 Å². The fraction of sp³-hybridized carbons (Fsp3) is 0.956. The zero-order valence-electron chi connectivity index (χ0n) is 73.0. The maximum absolute atomic E-state index is 14.9. The van der Waals surface area contributed by atoms with Gasteiger partial charge in [0.25, 0.3) is 0 Å². The Morgan fingerprint density at radius 2 is 0.647 bits per heavy atom. The summed E-state index contributed by atoms with van der Waals surface area (Å²) < 4.78 is 73.5. The number of unbranched alkanes of at least 4 members (excludes halogenated alkanes) is 48. The molecule has 1 aliphatic carbocycles. The Hall–Kier alpha value is -2.53. The topological polar surface area (TPSA) is 380 Å². The summed E-state index contributed by atoms with van der Waals surface area (Å²) in [6, 6.07) is 0. The van der Waals surface area contributed by atoms with E-state index in [0.717, 1.165) is 128 Å². The van der Waals surface area contributed by atoms with E-state index >= 15 is 0 Å². The maximum Gasteiger partial charge on any atom is 0.472 e. The number of hydrogen-bond acceptors (Lipinski definition) is 24. The molecule has 3 rings (SSSR count). The third-order valence-corrected chi connectivity index (χ3v) is 24.5. The second-order valence-electron chi connectivity index (χ2n) is 34.2. The lowest BCUT2D eigenvalue weighted by molar-refractivity contribution is -0.360. The summed E-state index contributed by atoms with van der Waals surface area (Å²) in [5.41, 5.74) is 0. The fourth-order valence-corrected chi connectivity index (χ4v) is 16.9. The van der Waals surface area contributed by atoms with Gasteiger partial charge < -0.3 is 88.7 Å². The van der Waals surface area contributed by atoms with Gasteiger partial charge in [-0.1, -0.05) is 362 Å². The predicted octanol–water partition coefficient (Wildman–Crippen LogP) is 17.2. The molecular formula is C90H169O25P. The molecule has 0 aromatic carbocycles. The van der Waals surface area contributed by atoms with Crippen LogP contribution in [0.5, 0.6) is 0 Å². The molecule has 3 aliphatic rings. The molecule has 116 heavy (non-hydrogen) atoms. The summed E-state index contributed by atoms with van der Waals surface area (Å²) in [6.45, 7) is 7.95. The van der Waals surface area contributed by atoms with Gasteiger partial charge in [0.05, 0.1) is 13.2 Å². The molecule has 0 bridgehead atoms. The monoisotopic (exact) mass is 1680 g/mol. The van der Waals surface area contributed by atoms with Crippen molar-refractivity contribution in [3.8, 4) is 0 Å². The van der Waals surface area contributed by atoms with E-state index < -0.39 is 162 Å². The molecule has 1 saturated carbocycles. The molecule has 2 saturated heterocycles. The number of carbonyl (C=O) groups excluding carboxylic acids is 4. The quantitative estimate of drug-likeness (QED) is 0.0117. The first-order chi connectivity index (χ1) is 56.1. The van der Waals surface area contributed by atoms with Gasteiger partial charge in [0, 0.05) is 25.7 Å². The van der Waals surface area contributed by atoms with Gasteiger partial charge in [-0.25, -0.2) is 4.57 Å². The van der Waals surface area contributed by atoms with Crippen LogP contribution in [-0.2, 0) is 70.7 Å². The lowest BCUT2D eigenvalue weighted by Gasteiger charge is -2.50. The van der Waals surface area contributed by atoms with Crippen LogP contribution in [0.25, 0.3) is 0 Å². The van der Waals surface area contributed by atoms with Crippen LogP contribution in [0.1, 0.15) is 413 Å². The van der Waals surface area contributed by atoms with Crippen molar-refractivity contribution in [2.24, 2.45) is 5.92 Å². The highest BCUT2D eigenvalue weighted by Crippen LogP contribution is 2.49. The van der Waals surface area contributed by atoms with Gasteiger partial charge in [-0.3, -0.25) is 28.2 Å². The number of phosphoric ester groups is 1. The summed E-state index contributed by atoms with van der Waals surface area (Å²) in [4.78, 5) is 66.5. The highest BCUT2D eigenvalue weighted by Gasteiger charge is 2.60. The van der Waals surface area contributed by atoms with Gasteiger partial charge >= 0.3 is 31.7 Å². The molecule has 0 radical (unpaired) electrons. The van der Waals surface area contributed by atoms with Crippen LogP contribution in [0.4, 0.5) is 0 Å². The molecular weight excluding hydrogens is 1510 g/mol. The molecule has 3 fully saturated rings. The first kappa shape index (κ1) is 108. The average Bonchev–Trinajstić information content (AvgIpc) is 0.754. The second kappa shape index (κ2) is 68.9. The number of aliphatic hydroxyl groups excluding tert-OH is 9. The molecule has 0 amide bonds.